The lowest BCUT2D eigenvalue weighted by atomic mass is 9.56. The molecule has 2 aliphatic heterocycles. The number of nitrogens with one attached hydrogen (secondary N) is 1. The molecule has 2 saturated heterocycles. The van der Waals surface area contributed by atoms with E-state index in [1.54, 1.807) is 12.3 Å². The quantitative estimate of drug-likeness (QED) is 0.686. The highest BCUT2D eigenvalue weighted by Crippen LogP contribution is 2.56. The van der Waals surface area contributed by atoms with Crippen molar-refractivity contribution in [3.05, 3.63) is 30.0 Å². The number of hydrogen-bond acceptors (Lipinski definition) is 2. The van der Waals surface area contributed by atoms with Crippen LogP contribution in [0.15, 0.2) is 24.4 Å². The molecule has 3 unspecified atom stereocenters. The van der Waals surface area contributed by atoms with Crippen molar-refractivity contribution >= 4 is 16.8 Å². The second-order valence-corrected chi connectivity index (χ2v) is 9.94. The fourth-order valence-electron chi connectivity index (χ4n) is 6.67. The maximum atomic E-state index is 13.3. The molecule has 6 rings (SSSR count). The number of fused-ring (bicyclic) bond motifs is 1. The largest absolute Gasteiger partial charge is 0.573 e. The summed E-state index contributed by atoms with van der Waals surface area (Å²) in [5.41, 5.74) is 1.64. The minimum Gasteiger partial charge on any atom is -0.405 e. The number of ether oxygens (including phenoxy) is 1. The third kappa shape index (κ3) is 3.36. The lowest BCUT2D eigenvalue weighted by molar-refractivity contribution is -0.274. The van der Waals surface area contributed by atoms with E-state index in [1.807, 2.05) is 6.92 Å². The van der Waals surface area contributed by atoms with Crippen LogP contribution in [0.2, 0.25) is 0 Å². The molecule has 162 valence electrons. The number of aromatic nitrogens is 1. The Balaban J connectivity index is 1.38. The predicted octanol–water partition coefficient (Wildman–Crippen LogP) is 5.74. The summed E-state index contributed by atoms with van der Waals surface area (Å²) in [4.78, 5) is 18.5. The van der Waals surface area contributed by atoms with Crippen molar-refractivity contribution in [1.82, 2.24) is 9.88 Å². The lowest BCUT2D eigenvalue weighted by Crippen LogP contribution is -2.62. The Morgan fingerprint density at radius 2 is 1.97 bits per heavy atom. The molecule has 0 radical (unpaired) electrons. The van der Waals surface area contributed by atoms with Gasteiger partial charge in [0.15, 0.2) is 0 Å². The molecule has 1 aromatic carbocycles. The molecule has 4 aliphatic rings. The Hall–Kier alpha value is -2.18. The molecule has 4 nitrogen and oxygen atoms in total. The summed E-state index contributed by atoms with van der Waals surface area (Å²) < 4.78 is 42.9. The maximum Gasteiger partial charge on any atom is 0.573 e. The Morgan fingerprint density at radius 3 is 2.60 bits per heavy atom. The van der Waals surface area contributed by atoms with E-state index in [9.17, 15) is 18.0 Å². The second-order valence-electron chi connectivity index (χ2n) is 9.94. The van der Waals surface area contributed by atoms with Crippen molar-refractivity contribution < 1.29 is 22.7 Å². The fourth-order valence-corrected chi connectivity index (χ4v) is 6.67. The molecule has 2 saturated carbocycles. The highest BCUT2D eigenvalue weighted by molar-refractivity contribution is 5.90. The molecule has 3 heterocycles. The molecular weight excluding hydrogens is 393 g/mol. The van der Waals surface area contributed by atoms with Crippen LogP contribution < -0.4 is 4.74 Å². The van der Waals surface area contributed by atoms with Crippen LogP contribution in [0.25, 0.3) is 10.9 Å². The van der Waals surface area contributed by atoms with Crippen molar-refractivity contribution in [2.75, 3.05) is 0 Å². The Bertz CT molecular complexity index is 966. The number of halogens is 3. The molecule has 1 aromatic heterocycles. The van der Waals surface area contributed by atoms with Crippen molar-refractivity contribution in [3.63, 3.8) is 0 Å². The van der Waals surface area contributed by atoms with Gasteiger partial charge < -0.3 is 14.6 Å². The summed E-state index contributed by atoms with van der Waals surface area (Å²) in [7, 11) is 0. The van der Waals surface area contributed by atoms with Crippen LogP contribution in [0.3, 0.4) is 0 Å². The highest BCUT2D eigenvalue weighted by atomic mass is 19.4. The van der Waals surface area contributed by atoms with Crippen molar-refractivity contribution in [3.8, 4) is 5.75 Å². The van der Waals surface area contributed by atoms with Crippen LogP contribution in [0.1, 0.15) is 63.9 Å². The van der Waals surface area contributed by atoms with Crippen LogP contribution in [0.4, 0.5) is 13.2 Å². The number of amides is 1. The highest BCUT2D eigenvalue weighted by Gasteiger charge is 2.53. The first-order chi connectivity index (χ1) is 14.1. The van der Waals surface area contributed by atoms with Gasteiger partial charge in [-0.25, -0.2) is 0 Å². The normalized spacial score (nSPS) is 31.4. The first-order valence-corrected chi connectivity index (χ1v) is 10.8. The average Bonchev–Trinajstić information content (AvgIpc) is 3.04. The summed E-state index contributed by atoms with van der Waals surface area (Å²) >= 11 is 0. The Kier molecular flexibility index (Phi) is 4.39. The molecule has 2 aliphatic carbocycles. The van der Waals surface area contributed by atoms with E-state index in [0.29, 0.717) is 40.4 Å². The van der Waals surface area contributed by atoms with Gasteiger partial charge in [0.1, 0.15) is 5.75 Å². The molecule has 4 fully saturated rings. The maximum absolute atomic E-state index is 13.3. The zero-order valence-electron chi connectivity index (χ0n) is 17.3. The van der Waals surface area contributed by atoms with E-state index in [2.05, 4.69) is 21.5 Å². The number of H-pyrrole nitrogens is 1. The molecule has 30 heavy (non-hydrogen) atoms. The van der Waals surface area contributed by atoms with E-state index in [-0.39, 0.29) is 17.6 Å². The minimum atomic E-state index is -4.76. The van der Waals surface area contributed by atoms with Gasteiger partial charge in [-0.2, -0.15) is 0 Å². The zero-order chi connectivity index (χ0) is 21.3. The van der Waals surface area contributed by atoms with Gasteiger partial charge in [-0.1, -0.05) is 19.9 Å². The summed E-state index contributed by atoms with van der Waals surface area (Å²) in [5.74, 6) is 0.434. The lowest BCUT2D eigenvalue weighted by Gasteiger charge is -2.61. The minimum absolute atomic E-state index is 0.128. The topological polar surface area (TPSA) is 45.3 Å². The molecule has 7 heteroatoms. The number of aromatic amines is 1. The third-order valence-corrected chi connectivity index (χ3v) is 7.46. The van der Waals surface area contributed by atoms with Crippen LogP contribution in [-0.4, -0.2) is 34.2 Å². The van der Waals surface area contributed by atoms with Gasteiger partial charge in [-0.05, 0) is 67.1 Å². The number of carbonyl (C=O) groups excluding carboxylic acids is 1. The summed E-state index contributed by atoms with van der Waals surface area (Å²) in [5, 5.41) is 0.405. The van der Waals surface area contributed by atoms with Gasteiger partial charge in [0.2, 0.25) is 5.91 Å². The molecule has 4 bridgehead atoms. The first-order valence-electron chi connectivity index (χ1n) is 10.8. The standard InChI is InChI=1S/C23H27F3N2O2/c1-13(17-12-27-18-4-3-5-19(21(17)18)30-23(24,25)26)6-20(29)28-15-7-14-8-16(28)11-22(2,9-14)10-15/h3-5,12-16,27H,6-11H2,1-2H3. The van der Waals surface area contributed by atoms with Gasteiger partial charge in [0.25, 0.3) is 0 Å². The summed E-state index contributed by atoms with van der Waals surface area (Å²) in [6.07, 6.45) is 2.89. The van der Waals surface area contributed by atoms with E-state index in [4.69, 9.17) is 0 Å². The second kappa shape index (κ2) is 6.66. The number of rotatable bonds is 4. The number of hydrogen-bond donors (Lipinski definition) is 1. The number of piperidine rings is 2. The zero-order valence-corrected chi connectivity index (χ0v) is 17.3. The molecule has 0 spiro atoms. The van der Waals surface area contributed by atoms with Crippen LogP contribution in [0, 0.1) is 11.3 Å². The van der Waals surface area contributed by atoms with Gasteiger partial charge in [0.05, 0.1) is 0 Å². The molecular formula is C23H27F3N2O2. The molecule has 1 N–H and O–H groups in total. The van der Waals surface area contributed by atoms with Crippen molar-refractivity contribution in [1.29, 1.82) is 0 Å². The number of benzene rings is 1. The molecule has 1 amide bonds. The van der Waals surface area contributed by atoms with Crippen LogP contribution in [0.5, 0.6) is 5.75 Å². The van der Waals surface area contributed by atoms with Gasteiger partial charge in [-0.15, -0.1) is 13.2 Å². The fraction of sp³-hybridized carbons (Fsp3) is 0.609. The smallest absolute Gasteiger partial charge is 0.405 e. The van der Waals surface area contributed by atoms with E-state index < -0.39 is 6.36 Å². The van der Waals surface area contributed by atoms with Crippen molar-refractivity contribution in [2.24, 2.45) is 11.3 Å². The average molecular weight is 420 g/mol. The predicted molar refractivity (Wildman–Crippen MR) is 107 cm³/mol. The first kappa shape index (κ1) is 19.8. The number of nitrogens with zero attached hydrogens (tertiary/aromatic N) is 1. The Labute approximate surface area is 173 Å². The monoisotopic (exact) mass is 420 g/mol. The van der Waals surface area contributed by atoms with Crippen molar-refractivity contribution in [2.45, 2.75) is 76.7 Å². The van der Waals surface area contributed by atoms with Crippen LogP contribution in [-0.2, 0) is 4.79 Å². The molecule has 2 aromatic rings. The van der Waals surface area contributed by atoms with E-state index >= 15 is 0 Å². The summed E-state index contributed by atoms with van der Waals surface area (Å²) in [6.45, 7) is 4.26. The third-order valence-electron chi connectivity index (χ3n) is 7.46. The number of carbonyl (C=O) groups is 1. The van der Waals surface area contributed by atoms with E-state index in [0.717, 1.165) is 31.6 Å². The summed E-state index contributed by atoms with van der Waals surface area (Å²) in [6, 6.07) is 5.23. The number of alkyl halides is 3. The molecule has 3 atom stereocenters. The van der Waals surface area contributed by atoms with Gasteiger partial charge in [0, 0.05) is 35.6 Å². The van der Waals surface area contributed by atoms with Gasteiger partial charge in [-0.3, -0.25) is 4.79 Å². The SMILES string of the molecule is CC(CC(=O)N1C2CC3CC1CC(C)(C3)C2)c1c[nH]c2cccc(OC(F)(F)F)c12. The van der Waals surface area contributed by atoms with Crippen LogP contribution >= 0.6 is 0 Å². The Morgan fingerprint density at radius 1 is 1.27 bits per heavy atom. The van der Waals surface area contributed by atoms with E-state index in [1.165, 1.54) is 18.6 Å². The van der Waals surface area contributed by atoms with Gasteiger partial charge >= 0.3 is 6.36 Å².